The number of amides is 1. The number of piperidine rings is 1. The number of carbonyl (C=O) groups excluding carboxylic acids is 1. The number of benzene rings is 1. The van der Waals surface area contributed by atoms with E-state index in [0.29, 0.717) is 31.0 Å². The summed E-state index contributed by atoms with van der Waals surface area (Å²) in [6.45, 7) is 1.61. The first-order chi connectivity index (χ1) is 13.5. The largest absolute Gasteiger partial charge is 0.389 e. The number of fused-ring (bicyclic) bond motifs is 2. The van der Waals surface area contributed by atoms with Gasteiger partial charge in [-0.2, -0.15) is 0 Å². The standard InChI is InChI=1S/C20H20BrN5O2/c21-15-9-22-19-24-16(11-26(19)10-15)18(28)25-6-5-20(17(27)12-25)7-13-3-1-2-4-14(13)8-23-20/h1-4,9-11,17,23,27H,5-8,12H2/t17-,20+/m1/s1. The normalized spacial score (nSPS) is 24.5. The molecule has 1 amide bonds. The summed E-state index contributed by atoms with van der Waals surface area (Å²) < 4.78 is 2.54. The fraction of sp³-hybridized carbons (Fsp3) is 0.350. The van der Waals surface area contributed by atoms with Crippen molar-refractivity contribution in [1.29, 1.82) is 0 Å². The Kier molecular flexibility index (Phi) is 4.22. The van der Waals surface area contributed by atoms with E-state index in [1.54, 1.807) is 21.7 Å². The second-order valence-electron chi connectivity index (χ2n) is 7.58. The molecule has 1 fully saturated rings. The lowest BCUT2D eigenvalue weighted by molar-refractivity contribution is -0.0140. The van der Waals surface area contributed by atoms with Crippen molar-refractivity contribution in [3.63, 3.8) is 0 Å². The Balaban J connectivity index is 1.35. The zero-order chi connectivity index (χ0) is 19.3. The Labute approximate surface area is 170 Å². The molecular formula is C20H20BrN5O2. The van der Waals surface area contributed by atoms with E-state index < -0.39 is 6.10 Å². The number of hydrogen-bond acceptors (Lipinski definition) is 5. The van der Waals surface area contributed by atoms with Crippen molar-refractivity contribution in [3.05, 3.63) is 64.1 Å². The van der Waals surface area contributed by atoms with Gasteiger partial charge in [-0.15, -0.1) is 0 Å². The molecule has 4 heterocycles. The van der Waals surface area contributed by atoms with Crippen LogP contribution < -0.4 is 5.32 Å². The minimum Gasteiger partial charge on any atom is -0.389 e. The van der Waals surface area contributed by atoms with Crippen molar-refractivity contribution >= 4 is 27.6 Å². The van der Waals surface area contributed by atoms with Crippen molar-refractivity contribution in [2.75, 3.05) is 13.1 Å². The number of imidazole rings is 1. The maximum atomic E-state index is 12.9. The number of halogens is 1. The highest BCUT2D eigenvalue weighted by atomic mass is 79.9. The van der Waals surface area contributed by atoms with Gasteiger partial charge < -0.3 is 15.3 Å². The van der Waals surface area contributed by atoms with Gasteiger partial charge in [-0.05, 0) is 39.9 Å². The average molecular weight is 442 g/mol. The molecule has 1 spiro atoms. The summed E-state index contributed by atoms with van der Waals surface area (Å²) in [7, 11) is 0. The predicted molar refractivity (Wildman–Crippen MR) is 107 cm³/mol. The third-order valence-corrected chi connectivity index (χ3v) is 6.31. The number of hydrogen-bond donors (Lipinski definition) is 2. The highest BCUT2D eigenvalue weighted by Crippen LogP contribution is 2.32. The van der Waals surface area contributed by atoms with Crippen LogP contribution in [0.3, 0.4) is 0 Å². The summed E-state index contributed by atoms with van der Waals surface area (Å²) in [5.41, 5.74) is 2.52. The molecule has 2 aliphatic rings. The van der Waals surface area contributed by atoms with E-state index >= 15 is 0 Å². The fourth-order valence-electron chi connectivity index (χ4n) is 4.27. The van der Waals surface area contributed by atoms with Gasteiger partial charge in [0.2, 0.25) is 5.78 Å². The van der Waals surface area contributed by atoms with Gasteiger partial charge in [0.05, 0.1) is 16.1 Å². The molecule has 144 valence electrons. The first-order valence-corrected chi connectivity index (χ1v) is 10.1. The average Bonchev–Trinajstić information content (AvgIpc) is 3.13. The van der Waals surface area contributed by atoms with Crippen LogP contribution in [0.4, 0.5) is 0 Å². The zero-order valence-corrected chi connectivity index (χ0v) is 16.8. The van der Waals surface area contributed by atoms with Crippen LogP contribution in [0.2, 0.25) is 0 Å². The maximum Gasteiger partial charge on any atom is 0.274 e. The highest BCUT2D eigenvalue weighted by molar-refractivity contribution is 9.10. The van der Waals surface area contributed by atoms with Crippen LogP contribution in [0, 0.1) is 0 Å². The fourth-order valence-corrected chi connectivity index (χ4v) is 4.60. The van der Waals surface area contributed by atoms with Gasteiger partial charge in [0.25, 0.3) is 5.91 Å². The van der Waals surface area contributed by atoms with Crippen molar-refractivity contribution in [2.24, 2.45) is 0 Å². The first kappa shape index (κ1) is 17.8. The van der Waals surface area contributed by atoms with E-state index in [9.17, 15) is 9.90 Å². The number of aliphatic hydroxyl groups is 1. The van der Waals surface area contributed by atoms with Crippen LogP contribution in [0.15, 0.2) is 47.3 Å². The number of nitrogens with zero attached hydrogens (tertiary/aromatic N) is 4. The molecule has 0 bridgehead atoms. The van der Waals surface area contributed by atoms with Gasteiger partial charge in [-0.25, -0.2) is 9.97 Å². The second kappa shape index (κ2) is 6.65. The zero-order valence-electron chi connectivity index (χ0n) is 15.2. The molecule has 8 heteroatoms. The molecule has 2 aromatic heterocycles. The van der Waals surface area contributed by atoms with Gasteiger partial charge in [0, 0.05) is 38.2 Å². The number of rotatable bonds is 1. The number of likely N-dealkylation sites (tertiary alicyclic amines) is 1. The number of carbonyl (C=O) groups is 1. The maximum absolute atomic E-state index is 12.9. The summed E-state index contributed by atoms with van der Waals surface area (Å²) in [4.78, 5) is 23.2. The first-order valence-electron chi connectivity index (χ1n) is 9.33. The SMILES string of the molecule is O=C(c1cn2cc(Br)cnc2n1)N1CC[C@]2(Cc3ccccc3CN2)[C@H](O)C1. The Morgan fingerprint density at radius 2 is 2.11 bits per heavy atom. The van der Waals surface area contributed by atoms with Crippen molar-refractivity contribution < 1.29 is 9.90 Å². The lowest BCUT2D eigenvalue weighted by Crippen LogP contribution is -2.65. The minimum atomic E-state index is -0.636. The molecule has 1 aromatic carbocycles. The molecule has 5 rings (SSSR count). The van der Waals surface area contributed by atoms with Crippen LogP contribution in [0.1, 0.15) is 28.0 Å². The Morgan fingerprint density at radius 1 is 1.29 bits per heavy atom. The summed E-state index contributed by atoms with van der Waals surface area (Å²) in [6, 6.07) is 8.33. The quantitative estimate of drug-likeness (QED) is 0.601. The molecule has 0 unspecified atom stereocenters. The third-order valence-electron chi connectivity index (χ3n) is 5.90. The van der Waals surface area contributed by atoms with Gasteiger partial charge in [-0.1, -0.05) is 24.3 Å². The van der Waals surface area contributed by atoms with E-state index in [4.69, 9.17) is 0 Å². The van der Waals surface area contributed by atoms with Crippen molar-refractivity contribution in [1.82, 2.24) is 24.6 Å². The molecule has 2 N–H and O–H groups in total. The molecule has 2 atom stereocenters. The monoisotopic (exact) mass is 441 g/mol. The minimum absolute atomic E-state index is 0.174. The Hall–Kier alpha value is -2.29. The van der Waals surface area contributed by atoms with Crippen molar-refractivity contribution in [2.45, 2.75) is 31.0 Å². The van der Waals surface area contributed by atoms with Gasteiger partial charge in [-0.3, -0.25) is 9.20 Å². The summed E-state index contributed by atoms with van der Waals surface area (Å²) in [5, 5.41) is 14.5. The molecule has 1 saturated heterocycles. The number of aliphatic hydroxyl groups excluding tert-OH is 1. The lowest BCUT2D eigenvalue weighted by Gasteiger charge is -2.48. The molecule has 0 aliphatic carbocycles. The van der Waals surface area contributed by atoms with Gasteiger partial charge in [0.1, 0.15) is 5.69 Å². The lowest BCUT2D eigenvalue weighted by atomic mass is 9.76. The molecule has 0 saturated carbocycles. The van der Waals surface area contributed by atoms with E-state index in [1.165, 1.54) is 11.1 Å². The molecule has 7 nitrogen and oxygen atoms in total. The number of aromatic nitrogens is 3. The van der Waals surface area contributed by atoms with Crippen LogP contribution in [0.25, 0.3) is 5.78 Å². The van der Waals surface area contributed by atoms with Crippen LogP contribution in [0.5, 0.6) is 0 Å². The van der Waals surface area contributed by atoms with E-state index in [1.807, 2.05) is 18.3 Å². The number of nitrogens with one attached hydrogen (secondary N) is 1. The Morgan fingerprint density at radius 3 is 2.93 bits per heavy atom. The van der Waals surface area contributed by atoms with Crippen LogP contribution in [-0.4, -0.2) is 55.0 Å². The van der Waals surface area contributed by atoms with E-state index in [2.05, 4.69) is 43.3 Å². The van der Waals surface area contributed by atoms with Crippen molar-refractivity contribution in [3.8, 4) is 0 Å². The highest BCUT2D eigenvalue weighted by Gasteiger charge is 2.45. The van der Waals surface area contributed by atoms with Gasteiger partial charge >= 0.3 is 0 Å². The van der Waals surface area contributed by atoms with Crippen LogP contribution in [-0.2, 0) is 13.0 Å². The summed E-state index contributed by atoms with van der Waals surface area (Å²) >= 11 is 3.37. The molecule has 0 radical (unpaired) electrons. The summed E-state index contributed by atoms with van der Waals surface area (Å²) in [6.07, 6.45) is 5.99. The number of β-amino-alcohol motifs (C(OH)–C–C–N with tert-alkyl or cyclic N) is 1. The molecular weight excluding hydrogens is 422 g/mol. The summed E-state index contributed by atoms with van der Waals surface area (Å²) in [5.74, 6) is 0.304. The predicted octanol–water partition coefficient (Wildman–Crippen LogP) is 1.78. The van der Waals surface area contributed by atoms with Crippen LogP contribution >= 0.6 is 15.9 Å². The second-order valence-corrected chi connectivity index (χ2v) is 8.49. The van der Waals surface area contributed by atoms with Gasteiger partial charge in [0.15, 0.2) is 0 Å². The topological polar surface area (TPSA) is 82.8 Å². The van der Waals surface area contributed by atoms with E-state index in [-0.39, 0.29) is 11.4 Å². The molecule has 2 aliphatic heterocycles. The Bertz CT molecular complexity index is 1070. The smallest absolute Gasteiger partial charge is 0.274 e. The third kappa shape index (κ3) is 2.92. The molecule has 28 heavy (non-hydrogen) atoms. The van der Waals surface area contributed by atoms with E-state index in [0.717, 1.165) is 17.4 Å². The molecule has 3 aromatic rings.